The monoisotopic (exact) mass is 322 g/mol. The smallest absolute Gasteiger partial charge is 0.334 e. The molecule has 2 N–H and O–H groups in total. The molecule has 1 saturated carbocycles. The van der Waals surface area contributed by atoms with Crippen LogP contribution in [0.3, 0.4) is 0 Å². The second-order valence-corrected chi connectivity index (χ2v) is 5.33. The van der Waals surface area contributed by atoms with E-state index in [4.69, 9.17) is 0 Å². The maximum absolute atomic E-state index is 12.2. The van der Waals surface area contributed by atoms with Crippen LogP contribution in [0.5, 0.6) is 0 Å². The van der Waals surface area contributed by atoms with Crippen LogP contribution in [0.2, 0.25) is 0 Å². The van der Waals surface area contributed by atoms with Crippen LogP contribution in [0.25, 0.3) is 0 Å². The molecule has 0 aromatic carbocycles. The van der Waals surface area contributed by atoms with Gasteiger partial charge in [-0.3, -0.25) is 24.6 Å². The van der Waals surface area contributed by atoms with E-state index in [1.807, 2.05) is 5.32 Å². The van der Waals surface area contributed by atoms with E-state index in [9.17, 15) is 24.0 Å². The lowest BCUT2D eigenvalue weighted by Crippen LogP contribution is -2.46. The summed E-state index contributed by atoms with van der Waals surface area (Å²) in [6, 6.07) is -1.86. The first-order valence-corrected chi connectivity index (χ1v) is 7.33. The van der Waals surface area contributed by atoms with Crippen molar-refractivity contribution in [2.45, 2.75) is 31.7 Å². The molecule has 0 unspecified atom stereocenters. The molecule has 7 amide bonds. The molecule has 1 saturated heterocycles. The minimum absolute atomic E-state index is 0.161. The second kappa shape index (κ2) is 7.03. The molecule has 2 rings (SSSR count). The Hall–Kier alpha value is -2.71. The highest BCUT2D eigenvalue weighted by atomic mass is 16.2. The van der Waals surface area contributed by atoms with Gasteiger partial charge in [0.05, 0.1) is 0 Å². The van der Waals surface area contributed by atoms with Gasteiger partial charge in [-0.15, -0.1) is 6.58 Å². The van der Waals surface area contributed by atoms with Gasteiger partial charge in [-0.25, -0.2) is 14.5 Å². The van der Waals surface area contributed by atoms with E-state index in [1.54, 1.807) is 0 Å². The molecule has 2 aliphatic rings. The number of nitrogens with one attached hydrogen (secondary N) is 2. The summed E-state index contributed by atoms with van der Waals surface area (Å²) in [5, 5.41) is 4.29. The Bertz CT molecular complexity index is 568. The minimum Gasteiger partial charge on any atom is -0.334 e. The number of hydrogen-bond donors (Lipinski definition) is 2. The number of amides is 7. The number of carbonyl (C=O) groups is 5. The van der Waals surface area contributed by atoms with Gasteiger partial charge < -0.3 is 5.32 Å². The molecule has 2 fully saturated rings. The SMILES string of the molecule is C=CCNC(=O)NC(=O)CN1C(=O)C(=O)N(C2CCCC2)C1=O. The molecule has 0 atom stereocenters. The summed E-state index contributed by atoms with van der Waals surface area (Å²) < 4.78 is 0. The van der Waals surface area contributed by atoms with Crippen molar-refractivity contribution in [2.24, 2.45) is 0 Å². The fourth-order valence-corrected chi connectivity index (χ4v) is 2.67. The molecule has 1 aliphatic heterocycles. The number of carbonyl (C=O) groups excluding carboxylic acids is 5. The molecule has 124 valence electrons. The Morgan fingerprint density at radius 3 is 2.43 bits per heavy atom. The molecule has 9 heteroatoms. The Kier molecular flexibility index (Phi) is 5.09. The maximum Gasteiger partial charge on any atom is 0.334 e. The van der Waals surface area contributed by atoms with Crippen LogP contribution in [-0.4, -0.2) is 58.7 Å². The molecule has 1 heterocycles. The molecule has 0 aromatic rings. The van der Waals surface area contributed by atoms with Crippen LogP contribution >= 0.6 is 0 Å². The predicted octanol–water partition coefficient (Wildman–Crippen LogP) is -0.268. The fraction of sp³-hybridized carbons (Fsp3) is 0.500. The van der Waals surface area contributed by atoms with Crippen LogP contribution in [-0.2, 0) is 14.4 Å². The summed E-state index contributed by atoms with van der Waals surface area (Å²) in [6.07, 6.45) is 4.53. The zero-order chi connectivity index (χ0) is 17.0. The van der Waals surface area contributed by atoms with Crippen LogP contribution < -0.4 is 10.6 Å². The van der Waals surface area contributed by atoms with Gasteiger partial charge in [0.25, 0.3) is 0 Å². The first-order valence-electron chi connectivity index (χ1n) is 7.33. The van der Waals surface area contributed by atoms with Crippen molar-refractivity contribution in [3.05, 3.63) is 12.7 Å². The van der Waals surface area contributed by atoms with E-state index in [1.165, 1.54) is 6.08 Å². The molecule has 9 nitrogen and oxygen atoms in total. The average Bonchev–Trinajstić information content (AvgIpc) is 3.09. The van der Waals surface area contributed by atoms with E-state index >= 15 is 0 Å². The quantitative estimate of drug-likeness (QED) is 0.411. The lowest BCUT2D eigenvalue weighted by molar-refractivity contribution is -0.144. The van der Waals surface area contributed by atoms with Crippen LogP contribution in [0.1, 0.15) is 25.7 Å². The topological polar surface area (TPSA) is 116 Å². The molecule has 0 bridgehead atoms. The Morgan fingerprint density at radius 1 is 1.17 bits per heavy atom. The molecular formula is C14H18N4O5. The number of hydrogen-bond acceptors (Lipinski definition) is 5. The molecule has 1 aliphatic carbocycles. The predicted molar refractivity (Wildman–Crippen MR) is 77.9 cm³/mol. The Labute approximate surface area is 132 Å². The average molecular weight is 322 g/mol. The lowest BCUT2D eigenvalue weighted by atomic mass is 10.2. The highest BCUT2D eigenvalue weighted by Crippen LogP contribution is 2.27. The zero-order valence-electron chi connectivity index (χ0n) is 12.5. The number of urea groups is 2. The van der Waals surface area contributed by atoms with E-state index < -0.39 is 36.3 Å². The normalized spacial score (nSPS) is 18.5. The fourth-order valence-electron chi connectivity index (χ4n) is 2.67. The van der Waals surface area contributed by atoms with Crippen molar-refractivity contribution >= 4 is 29.8 Å². The first-order chi connectivity index (χ1) is 11.0. The van der Waals surface area contributed by atoms with Crippen molar-refractivity contribution in [3.8, 4) is 0 Å². The first kappa shape index (κ1) is 16.7. The van der Waals surface area contributed by atoms with Gasteiger partial charge >= 0.3 is 23.9 Å². The van der Waals surface area contributed by atoms with Gasteiger partial charge in [-0.05, 0) is 12.8 Å². The van der Waals surface area contributed by atoms with E-state index in [0.717, 1.165) is 17.7 Å². The summed E-state index contributed by atoms with van der Waals surface area (Å²) >= 11 is 0. The summed E-state index contributed by atoms with van der Waals surface area (Å²) in [4.78, 5) is 60.6. The molecular weight excluding hydrogens is 304 g/mol. The van der Waals surface area contributed by atoms with Crippen molar-refractivity contribution in [2.75, 3.05) is 13.1 Å². The summed E-state index contributed by atoms with van der Waals surface area (Å²) in [7, 11) is 0. The van der Waals surface area contributed by atoms with Gasteiger partial charge in [0, 0.05) is 12.6 Å². The standard InChI is InChI=1S/C14H18N4O5/c1-2-7-15-13(22)16-10(19)8-17-11(20)12(21)18(14(17)23)9-5-3-4-6-9/h2,9H,1,3-8H2,(H2,15,16,19,22). The Morgan fingerprint density at radius 2 is 1.83 bits per heavy atom. The largest absolute Gasteiger partial charge is 0.334 e. The summed E-state index contributed by atoms with van der Waals surface area (Å²) in [5.41, 5.74) is 0. The van der Waals surface area contributed by atoms with Crippen LogP contribution in [0.4, 0.5) is 9.59 Å². The van der Waals surface area contributed by atoms with Crippen LogP contribution in [0.15, 0.2) is 12.7 Å². The second-order valence-electron chi connectivity index (χ2n) is 5.33. The number of imide groups is 3. The van der Waals surface area contributed by atoms with Gasteiger partial charge in [-0.1, -0.05) is 18.9 Å². The lowest BCUT2D eigenvalue weighted by Gasteiger charge is -2.20. The third kappa shape index (κ3) is 3.55. The van der Waals surface area contributed by atoms with Gasteiger partial charge in [-0.2, -0.15) is 0 Å². The van der Waals surface area contributed by atoms with Crippen molar-refractivity contribution < 1.29 is 24.0 Å². The van der Waals surface area contributed by atoms with E-state index in [2.05, 4.69) is 11.9 Å². The number of nitrogens with zero attached hydrogens (tertiary/aromatic N) is 2. The zero-order valence-corrected chi connectivity index (χ0v) is 12.5. The highest BCUT2D eigenvalue weighted by Gasteiger charge is 2.48. The van der Waals surface area contributed by atoms with Crippen molar-refractivity contribution in [1.29, 1.82) is 0 Å². The van der Waals surface area contributed by atoms with Gasteiger partial charge in [0.15, 0.2) is 0 Å². The highest BCUT2D eigenvalue weighted by molar-refractivity contribution is 6.45. The molecule has 0 radical (unpaired) electrons. The molecule has 0 spiro atoms. The van der Waals surface area contributed by atoms with Crippen molar-refractivity contribution in [1.82, 2.24) is 20.4 Å². The van der Waals surface area contributed by atoms with E-state index in [-0.39, 0.29) is 12.6 Å². The van der Waals surface area contributed by atoms with E-state index in [0.29, 0.717) is 17.7 Å². The van der Waals surface area contributed by atoms with Crippen molar-refractivity contribution in [3.63, 3.8) is 0 Å². The van der Waals surface area contributed by atoms with Crippen LogP contribution in [0, 0.1) is 0 Å². The third-order valence-electron chi connectivity index (χ3n) is 3.74. The third-order valence-corrected chi connectivity index (χ3v) is 3.74. The summed E-state index contributed by atoms with van der Waals surface area (Å²) in [6.45, 7) is 2.89. The minimum atomic E-state index is -1.04. The Balaban J connectivity index is 1.96. The molecule has 23 heavy (non-hydrogen) atoms. The van der Waals surface area contributed by atoms with Gasteiger partial charge in [0.2, 0.25) is 5.91 Å². The van der Waals surface area contributed by atoms with Gasteiger partial charge in [0.1, 0.15) is 6.54 Å². The molecule has 0 aromatic heterocycles. The maximum atomic E-state index is 12.2. The number of rotatable bonds is 5. The summed E-state index contributed by atoms with van der Waals surface area (Å²) in [5.74, 6) is -2.80.